The van der Waals surface area contributed by atoms with Crippen LogP contribution in [0, 0.1) is 13.8 Å². The zero-order valence-electron chi connectivity index (χ0n) is 14.0. The van der Waals surface area contributed by atoms with E-state index in [4.69, 9.17) is 9.47 Å². The van der Waals surface area contributed by atoms with Gasteiger partial charge in [0.1, 0.15) is 11.5 Å². The molecule has 2 aromatic rings. The number of aryl methyl sites for hydroxylation is 2. The van der Waals surface area contributed by atoms with Crippen LogP contribution in [0.3, 0.4) is 0 Å². The maximum atomic E-state index is 12.4. The van der Waals surface area contributed by atoms with E-state index in [0.29, 0.717) is 22.6 Å². The van der Waals surface area contributed by atoms with Crippen molar-refractivity contribution in [3.05, 3.63) is 53.1 Å². The molecule has 0 aliphatic rings. The highest BCUT2D eigenvalue weighted by molar-refractivity contribution is 7.89. The van der Waals surface area contributed by atoms with E-state index in [-0.39, 0.29) is 4.90 Å². The van der Waals surface area contributed by atoms with Gasteiger partial charge in [-0.1, -0.05) is 17.7 Å². The lowest BCUT2D eigenvalue weighted by Gasteiger charge is -2.08. The molecule has 0 saturated carbocycles. The summed E-state index contributed by atoms with van der Waals surface area (Å²) < 4.78 is 35.1. The first-order valence-electron chi connectivity index (χ1n) is 7.21. The standard InChI is InChI=1S/C17H20N2O4S/c1-12-5-8-17(13(2)9-12)24(20,21)19-18-11-14-10-15(22-3)6-7-16(14)23-4/h5-11,19H,1-4H3/b18-11+. The topological polar surface area (TPSA) is 77.0 Å². The molecule has 0 atom stereocenters. The molecule has 0 radical (unpaired) electrons. The number of nitrogens with one attached hydrogen (secondary N) is 1. The van der Waals surface area contributed by atoms with Gasteiger partial charge in [-0.15, -0.1) is 0 Å². The Bertz CT molecular complexity index is 861. The summed E-state index contributed by atoms with van der Waals surface area (Å²) in [6.07, 6.45) is 1.38. The summed E-state index contributed by atoms with van der Waals surface area (Å²) in [7, 11) is -0.659. The van der Waals surface area contributed by atoms with Crippen molar-refractivity contribution in [3.63, 3.8) is 0 Å². The molecule has 0 saturated heterocycles. The molecular formula is C17H20N2O4S. The molecule has 2 rings (SSSR count). The third-order valence-corrected chi connectivity index (χ3v) is 4.82. The number of sulfonamides is 1. The summed E-state index contributed by atoms with van der Waals surface area (Å²) in [6.45, 7) is 3.65. The highest BCUT2D eigenvalue weighted by atomic mass is 32.2. The number of benzene rings is 2. The normalized spacial score (nSPS) is 11.5. The molecule has 0 heterocycles. The molecule has 0 fully saturated rings. The van der Waals surface area contributed by atoms with Gasteiger partial charge in [-0.05, 0) is 43.7 Å². The quantitative estimate of drug-likeness (QED) is 0.643. The Balaban J connectivity index is 2.24. The predicted octanol–water partition coefficient (Wildman–Crippen LogP) is 2.63. The fraction of sp³-hybridized carbons (Fsp3) is 0.235. The molecule has 0 bridgehead atoms. The van der Waals surface area contributed by atoms with Gasteiger partial charge in [0.25, 0.3) is 10.0 Å². The summed E-state index contributed by atoms with van der Waals surface area (Å²) in [5.41, 5.74) is 2.26. The molecule has 6 nitrogen and oxygen atoms in total. The number of ether oxygens (including phenoxy) is 2. The number of hydrazone groups is 1. The Kier molecular flexibility index (Phi) is 5.46. The summed E-state index contributed by atoms with van der Waals surface area (Å²) in [5.74, 6) is 1.18. The monoisotopic (exact) mass is 348 g/mol. The Morgan fingerprint density at radius 1 is 1.04 bits per heavy atom. The van der Waals surface area contributed by atoms with Crippen molar-refractivity contribution in [2.24, 2.45) is 5.10 Å². The minimum Gasteiger partial charge on any atom is -0.497 e. The van der Waals surface area contributed by atoms with Gasteiger partial charge < -0.3 is 9.47 Å². The average molecular weight is 348 g/mol. The van der Waals surface area contributed by atoms with Crippen LogP contribution >= 0.6 is 0 Å². The second-order valence-electron chi connectivity index (χ2n) is 5.23. The van der Waals surface area contributed by atoms with Crippen molar-refractivity contribution in [2.75, 3.05) is 14.2 Å². The van der Waals surface area contributed by atoms with Gasteiger partial charge in [-0.25, -0.2) is 4.83 Å². The van der Waals surface area contributed by atoms with Gasteiger partial charge in [-0.2, -0.15) is 13.5 Å². The van der Waals surface area contributed by atoms with Gasteiger partial charge in [0, 0.05) is 5.56 Å². The largest absolute Gasteiger partial charge is 0.497 e. The maximum absolute atomic E-state index is 12.4. The smallest absolute Gasteiger partial charge is 0.276 e. The minimum absolute atomic E-state index is 0.197. The SMILES string of the molecule is COc1ccc(OC)c(/C=N/NS(=O)(=O)c2ccc(C)cc2C)c1. The van der Waals surface area contributed by atoms with E-state index in [2.05, 4.69) is 9.93 Å². The van der Waals surface area contributed by atoms with Gasteiger partial charge in [0.2, 0.25) is 0 Å². The molecule has 7 heteroatoms. The molecule has 1 N–H and O–H groups in total. The minimum atomic E-state index is -3.73. The van der Waals surface area contributed by atoms with Gasteiger partial charge in [-0.3, -0.25) is 0 Å². The summed E-state index contributed by atoms with van der Waals surface area (Å²) in [6, 6.07) is 10.3. The summed E-state index contributed by atoms with van der Waals surface area (Å²) in [5, 5.41) is 3.84. The number of rotatable bonds is 6. The highest BCUT2D eigenvalue weighted by Crippen LogP contribution is 2.22. The second-order valence-corrected chi connectivity index (χ2v) is 6.86. The molecule has 0 aliphatic carbocycles. The number of hydrogen-bond acceptors (Lipinski definition) is 5. The van der Waals surface area contributed by atoms with Gasteiger partial charge in [0.05, 0.1) is 25.3 Å². The van der Waals surface area contributed by atoms with E-state index in [1.54, 1.807) is 44.4 Å². The van der Waals surface area contributed by atoms with Gasteiger partial charge >= 0.3 is 0 Å². The molecule has 0 amide bonds. The third-order valence-electron chi connectivity index (χ3n) is 3.43. The molecule has 24 heavy (non-hydrogen) atoms. The van der Waals surface area contributed by atoms with E-state index in [0.717, 1.165) is 5.56 Å². The molecule has 0 spiro atoms. The fourth-order valence-electron chi connectivity index (χ4n) is 2.26. The molecule has 0 aromatic heterocycles. The van der Waals surface area contributed by atoms with E-state index in [1.807, 2.05) is 13.0 Å². The average Bonchev–Trinajstić information content (AvgIpc) is 2.54. The summed E-state index contributed by atoms with van der Waals surface area (Å²) in [4.78, 5) is 2.42. The molecule has 2 aromatic carbocycles. The lowest BCUT2D eigenvalue weighted by Crippen LogP contribution is -2.19. The second kappa shape index (κ2) is 7.35. The third kappa shape index (κ3) is 4.05. The first-order valence-corrected chi connectivity index (χ1v) is 8.70. The van der Waals surface area contributed by atoms with Crippen LogP contribution in [0.15, 0.2) is 46.4 Å². The molecular weight excluding hydrogens is 328 g/mol. The highest BCUT2D eigenvalue weighted by Gasteiger charge is 2.15. The van der Waals surface area contributed by atoms with Crippen molar-refractivity contribution >= 4 is 16.2 Å². The van der Waals surface area contributed by atoms with E-state index in [9.17, 15) is 8.42 Å². The fourth-order valence-corrected chi connectivity index (χ4v) is 3.28. The van der Waals surface area contributed by atoms with Crippen LogP contribution in [0.1, 0.15) is 16.7 Å². The van der Waals surface area contributed by atoms with Crippen LogP contribution < -0.4 is 14.3 Å². The van der Waals surface area contributed by atoms with Crippen LogP contribution in [-0.2, 0) is 10.0 Å². The van der Waals surface area contributed by atoms with Crippen molar-refractivity contribution in [1.29, 1.82) is 0 Å². The molecule has 0 unspecified atom stereocenters. The first kappa shape index (κ1) is 17.8. The van der Waals surface area contributed by atoms with Crippen molar-refractivity contribution in [2.45, 2.75) is 18.7 Å². The zero-order chi connectivity index (χ0) is 17.7. The van der Waals surface area contributed by atoms with Crippen molar-refractivity contribution in [1.82, 2.24) is 4.83 Å². The summed E-state index contributed by atoms with van der Waals surface area (Å²) >= 11 is 0. The Morgan fingerprint density at radius 3 is 2.42 bits per heavy atom. The Morgan fingerprint density at radius 2 is 1.79 bits per heavy atom. The van der Waals surface area contributed by atoms with Crippen molar-refractivity contribution in [3.8, 4) is 11.5 Å². The Hall–Kier alpha value is -2.54. The van der Waals surface area contributed by atoms with Crippen LogP contribution in [0.25, 0.3) is 0 Å². The number of nitrogens with zero attached hydrogens (tertiary/aromatic N) is 1. The lowest BCUT2D eigenvalue weighted by atomic mass is 10.2. The van der Waals surface area contributed by atoms with Crippen LogP contribution in [-0.4, -0.2) is 28.9 Å². The van der Waals surface area contributed by atoms with E-state index in [1.165, 1.54) is 13.3 Å². The zero-order valence-corrected chi connectivity index (χ0v) is 14.8. The maximum Gasteiger partial charge on any atom is 0.276 e. The lowest BCUT2D eigenvalue weighted by molar-refractivity contribution is 0.402. The predicted molar refractivity (Wildman–Crippen MR) is 93.4 cm³/mol. The van der Waals surface area contributed by atoms with Crippen molar-refractivity contribution < 1.29 is 17.9 Å². The van der Waals surface area contributed by atoms with Gasteiger partial charge in [0.15, 0.2) is 0 Å². The Labute approximate surface area is 142 Å². The van der Waals surface area contributed by atoms with E-state index < -0.39 is 10.0 Å². The van der Waals surface area contributed by atoms with Crippen LogP contribution in [0.5, 0.6) is 11.5 Å². The van der Waals surface area contributed by atoms with Crippen LogP contribution in [0.2, 0.25) is 0 Å². The first-order chi connectivity index (χ1) is 11.4. The molecule has 128 valence electrons. The van der Waals surface area contributed by atoms with Crippen LogP contribution in [0.4, 0.5) is 0 Å². The van der Waals surface area contributed by atoms with E-state index >= 15 is 0 Å². The number of methoxy groups -OCH3 is 2. The number of hydrogen-bond donors (Lipinski definition) is 1. The molecule has 0 aliphatic heterocycles.